The van der Waals surface area contributed by atoms with Gasteiger partial charge in [0.15, 0.2) is 0 Å². The maximum Gasteiger partial charge on any atom is 0.336 e. The maximum atomic E-state index is 12.5. The SMILES string of the molecule is CCOC(=O)C1=CN(C)C(C)=C(C(=O)OC)C1c1ccccc1Cl.O=C(O)C=CC(=O)O. The van der Waals surface area contributed by atoms with E-state index in [0.29, 0.717) is 39.6 Å². The lowest BCUT2D eigenvalue weighted by molar-refractivity contribution is -0.139. The zero-order valence-corrected chi connectivity index (χ0v) is 18.8. The fraction of sp³-hybridized carbons (Fsp3) is 0.273. The molecular weight excluding hydrogens is 442 g/mol. The molecule has 172 valence electrons. The van der Waals surface area contributed by atoms with Crippen LogP contribution >= 0.6 is 11.6 Å². The number of carbonyl (C=O) groups is 4. The lowest BCUT2D eigenvalue weighted by Crippen LogP contribution is -2.30. The molecule has 32 heavy (non-hydrogen) atoms. The van der Waals surface area contributed by atoms with E-state index >= 15 is 0 Å². The van der Waals surface area contributed by atoms with E-state index in [1.807, 2.05) is 6.07 Å². The summed E-state index contributed by atoms with van der Waals surface area (Å²) in [6.45, 7) is 3.78. The van der Waals surface area contributed by atoms with E-state index in [9.17, 15) is 19.2 Å². The normalized spacial score (nSPS) is 15.5. The number of ether oxygens (including phenoxy) is 2. The molecule has 1 unspecified atom stereocenters. The summed E-state index contributed by atoms with van der Waals surface area (Å²) in [5, 5.41) is 16.1. The lowest BCUT2D eigenvalue weighted by atomic mass is 9.81. The highest BCUT2D eigenvalue weighted by Crippen LogP contribution is 2.41. The van der Waals surface area contributed by atoms with Crippen LogP contribution < -0.4 is 0 Å². The Morgan fingerprint density at radius 3 is 2.12 bits per heavy atom. The van der Waals surface area contributed by atoms with Gasteiger partial charge in [-0.1, -0.05) is 29.8 Å². The number of aliphatic carboxylic acids is 2. The minimum absolute atomic E-state index is 0.241. The van der Waals surface area contributed by atoms with Crippen LogP contribution in [0.15, 0.2) is 59.5 Å². The van der Waals surface area contributed by atoms with Gasteiger partial charge < -0.3 is 24.6 Å². The molecule has 10 heteroatoms. The Bertz CT molecular complexity index is 964. The Morgan fingerprint density at radius 1 is 1.09 bits per heavy atom. The summed E-state index contributed by atoms with van der Waals surface area (Å²) in [6.07, 6.45) is 2.79. The van der Waals surface area contributed by atoms with E-state index in [-0.39, 0.29) is 6.61 Å². The van der Waals surface area contributed by atoms with E-state index in [4.69, 9.17) is 31.3 Å². The lowest BCUT2D eigenvalue weighted by Gasteiger charge is -2.32. The van der Waals surface area contributed by atoms with Crippen LogP contribution in [-0.4, -0.2) is 59.8 Å². The van der Waals surface area contributed by atoms with Gasteiger partial charge in [0.2, 0.25) is 0 Å². The Morgan fingerprint density at radius 2 is 1.66 bits per heavy atom. The van der Waals surface area contributed by atoms with Crippen molar-refractivity contribution in [2.75, 3.05) is 20.8 Å². The summed E-state index contributed by atoms with van der Waals surface area (Å²) in [5.74, 6) is -4.14. The first kappa shape index (κ1) is 26.4. The summed E-state index contributed by atoms with van der Waals surface area (Å²) >= 11 is 6.33. The monoisotopic (exact) mass is 465 g/mol. The Labute approximate surface area is 190 Å². The predicted molar refractivity (Wildman–Crippen MR) is 116 cm³/mol. The fourth-order valence-corrected chi connectivity index (χ4v) is 3.11. The van der Waals surface area contributed by atoms with E-state index in [1.165, 1.54) is 7.11 Å². The van der Waals surface area contributed by atoms with Gasteiger partial charge in [-0.15, -0.1) is 0 Å². The number of nitrogens with zero attached hydrogens (tertiary/aromatic N) is 1. The Hall–Kier alpha value is -3.59. The van der Waals surface area contributed by atoms with Crippen LogP contribution in [0.1, 0.15) is 25.3 Å². The van der Waals surface area contributed by atoms with Gasteiger partial charge in [-0.2, -0.15) is 0 Å². The van der Waals surface area contributed by atoms with Gasteiger partial charge in [-0.3, -0.25) is 0 Å². The third-order valence-electron chi connectivity index (χ3n) is 4.35. The molecule has 2 rings (SSSR count). The Balaban J connectivity index is 0.000000547. The van der Waals surface area contributed by atoms with Gasteiger partial charge in [-0.05, 0) is 25.5 Å². The molecule has 2 N–H and O–H groups in total. The number of halogens is 1. The molecule has 1 aromatic carbocycles. The number of methoxy groups -OCH3 is 1. The first-order valence-corrected chi connectivity index (χ1v) is 9.71. The topological polar surface area (TPSA) is 130 Å². The zero-order valence-electron chi connectivity index (χ0n) is 18.0. The van der Waals surface area contributed by atoms with Gasteiger partial charge in [0, 0.05) is 36.1 Å². The number of esters is 2. The number of carboxylic acid groups (broad SMARTS) is 2. The van der Waals surface area contributed by atoms with Crippen molar-refractivity contribution in [2.45, 2.75) is 19.8 Å². The number of allylic oxidation sites excluding steroid dienone is 1. The molecule has 0 radical (unpaired) electrons. The Kier molecular flexibility index (Phi) is 10.2. The van der Waals surface area contributed by atoms with Crippen LogP contribution in [0.4, 0.5) is 0 Å². The molecule has 0 aromatic heterocycles. The second-order valence-electron chi connectivity index (χ2n) is 6.37. The van der Waals surface area contributed by atoms with E-state index in [2.05, 4.69) is 0 Å². The van der Waals surface area contributed by atoms with Crippen molar-refractivity contribution in [3.8, 4) is 0 Å². The highest BCUT2D eigenvalue weighted by atomic mass is 35.5. The predicted octanol–water partition coefficient (Wildman–Crippen LogP) is 2.97. The van der Waals surface area contributed by atoms with Crippen molar-refractivity contribution in [1.29, 1.82) is 0 Å². The minimum Gasteiger partial charge on any atom is -0.478 e. The highest BCUT2D eigenvalue weighted by molar-refractivity contribution is 6.31. The molecule has 0 aliphatic carbocycles. The number of hydrogen-bond donors (Lipinski definition) is 2. The van der Waals surface area contributed by atoms with Crippen LogP contribution in [-0.2, 0) is 28.7 Å². The molecule has 0 bridgehead atoms. The van der Waals surface area contributed by atoms with Gasteiger partial charge >= 0.3 is 23.9 Å². The molecule has 0 spiro atoms. The smallest absolute Gasteiger partial charge is 0.336 e. The minimum atomic E-state index is -1.26. The van der Waals surface area contributed by atoms with E-state index in [1.54, 1.807) is 50.2 Å². The molecule has 9 nitrogen and oxygen atoms in total. The zero-order chi connectivity index (χ0) is 24.4. The summed E-state index contributed by atoms with van der Waals surface area (Å²) in [6, 6.07) is 7.12. The molecule has 1 aliphatic rings. The number of carboxylic acids is 2. The second kappa shape index (κ2) is 12.3. The summed E-state index contributed by atoms with van der Waals surface area (Å²) in [4.78, 5) is 45.7. The molecule has 0 saturated heterocycles. The third-order valence-corrected chi connectivity index (χ3v) is 4.70. The molecule has 1 heterocycles. The fourth-order valence-electron chi connectivity index (χ4n) is 2.87. The molecule has 0 fully saturated rings. The van der Waals surface area contributed by atoms with Crippen LogP contribution in [0.2, 0.25) is 5.02 Å². The first-order chi connectivity index (χ1) is 15.0. The number of carbonyl (C=O) groups excluding carboxylic acids is 2. The second-order valence-corrected chi connectivity index (χ2v) is 6.78. The molecule has 1 atom stereocenters. The van der Waals surface area contributed by atoms with E-state index < -0.39 is 29.8 Å². The van der Waals surface area contributed by atoms with E-state index in [0.717, 1.165) is 0 Å². The number of benzene rings is 1. The molecule has 1 aliphatic heterocycles. The van der Waals surface area contributed by atoms with Crippen molar-refractivity contribution in [2.24, 2.45) is 0 Å². The average Bonchev–Trinajstić information content (AvgIpc) is 2.74. The molecule has 0 amide bonds. The molecule has 1 aromatic rings. The van der Waals surface area contributed by atoms with Crippen LogP contribution in [0.5, 0.6) is 0 Å². The average molecular weight is 466 g/mol. The maximum absolute atomic E-state index is 12.5. The highest BCUT2D eigenvalue weighted by Gasteiger charge is 2.37. The van der Waals surface area contributed by atoms with Gasteiger partial charge in [0.25, 0.3) is 0 Å². The van der Waals surface area contributed by atoms with Gasteiger partial charge in [0.1, 0.15) is 0 Å². The standard InChI is InChI=1S/C18H20ClNO4.C4H4O4/c1-5-24-17(21)13-10-20(3)11(2)15(18(22)23-4)16(13)12-8-6-7-9-14(12)19;5-3(6)1-2-4(7)8/h6-10,16H,5H2,1-4H3;1-2H,(H,5,6)(H,7,8). The molecule has 0 saturated carbocycles. The van der Waals surface area contributed by atoms with Crippen LogP contribution in [0.3, 0.4) is 0 Å². The van der Waals surface area contributed by atoms with Gasteiger partial charge in [0.05, 0.1) is 30.8 Å². The summed E-state index contributed by atoms with van der Waals surface area (Å²) < 4.78 is 10.1. The quantitative estimate of drug-likeness (QED) is 0.480. The number of hydrogen-bond acceptors (Lipinski definition) is 7. The number of rotatable bonds is 6. The van der Waals surface area contributed by atoms with Crippen molar-refractivity contribution >= 4 is 35.5 Å². The van der Waals surface area contributed by atoms with Crippen molar-refractivity contribution in [3.05, 3.63) is 70.0 Å². The van der Waals surface area contributed by atoms with Crippen molar-refractivity contribution < 1.29 is 38.9 Å². The van der Waals surface area contributed by atoms with Crippen molar-refractivity contribution in [3.63, 3.8) is 0 Å². The molecular formula is C22H24ClNO8. The third kappa shape index (κ3) is 6.98. The van der Waals surface area contributed by atoms with Crippen LogP contribution in [0.25, 0.3) is 0 Å². The van der Waals surface area contributed by atoms with Crippen molar-refractivity contribution in [1.82, 2.24) is 4.90 Å². The summed E-state index contributed by atoms with van der Waals surface area (Å²) in [7, 11) is 3.08. The summed E-state index contributed by atoms with van der Waals surface area (Å²) in [5.41, 5.74) is 2.07. The first-order valence-electron chi connectivity index (χ1n) is 9.34. The largest absolute Gasteiger partial charge is 0.478 e. The van der Waals surface area contributed by atoms with Crippen LogP contribution in [0, 0.1) is 0 Å². The van der Waals surface area contributed by atoms with Gasteiger partial charge in [-0.25, -0.2) is 19.2 Å².